The molecule has 0 saturated heterocycles. The molecule has 0 fully saturated rings. The lowest BCUT2D eigenvalue weighted by atomic mass is 9.87. The van der Waals surface area contributed by atoms with Gasteiger partial charge in [-0.2, -0.15) is 0 Å². The van der Waals surface area contributed by atoms with Crippen molar-refractivity contribution in [3.63, 3.8) is 0 Å². The number of hydrogen-bond donors (Lipinski definition) is 1. The zero-order valence-electron chi connectivity index (χ0n) is 16.0. The molecule has 1 amide bonds. The number of hydrogen-bond acceptors (Lipinski definition) is 4. The topological polar surface area (TPSA) is 64.6 Å². The number of nitrogens with one attached hydrogen (secondary N) is 1. The molecule has 0 unspecified atom stereocenters. The van der Waals surface area contributed by atoms with E-state index in [1.54, 1.807) is 18.2 Å². The number of carbonyl (C=O) groups is 2. The Balaban J connectivity index is 1.82. The van der Waals surface area contributed by atoms with E-state index in [4.69, 9.17) is 9.47 Å². The Morgan fingerprint density at radius 2 is 1.74 bits per heavy atom. The van der Waals surface area contributed by atoms with E-state index in [1.165, 1.54) is 19.2 Å². The average molecular weight is 373 g/mol. The van der Waals surface area contributed by atoms with Crippen LogP contribution in [0, 0.1) is 5.82 Å². The molecule has 5 nitrogen and oxygen atoms in total. The highest BCUT2D eigenvalue weighted by Gasteiger charge is 2.14. The molecule has 0 heterocycles. The second-order valence-electron chi connectivity index (χ2n) is 7.18. The highest BCUT2D eigenvalue weighted by atomic mass is 19.1. The molecule has 2 aromatic carbocycles. The molecular formula is C21H24FNO4. The van der Waals surface area contributed by atoms with Crippen LogP contribution in [-0.4, -0.2) is 25.6 Å². The van der Waals surface area contributed by atoms with Gasteiger partial charge in [-0.25, -0.2) is 4.39 Å². The van der Waals surface area contributed by atoms with E-state index in [2.05, 4.69) is 26.1 Å². The first-order chi connectivity index (χ1) is 12.7. The zero-order chi connectivity index (χ0) is 20.0. The fourth-order valence-electron chi connectivity index (χ4n) is 2.43. The van der Waals surface area contributed by atoms with E-state index >= 15 is 0 Å². The fraction of sp³-hybridized carbons (Fsp3) is 0.333. The van der Waals surface area contributed by atoms with Gasteiger partial charge in [0.1, 0.15) is 0 Å². The van der Waals surface area contributed by atoms with Gasteiger partial charge in [-0.05, 0) is 40.8 Å². The van der Waals surface area contributed by atoms with Crippen LogP contribution in [-0.2, 0) is 26.2 Å². The van der Waals surface area contributed by atoms with Crippen LogP contribution in [0.25, 0.3) is 0 Å². The van der Waals surface area contributed by atoms with Crippen molar-refractivity contribution in [3.8, 4) is 5.75 Å². The molecule has 0 atom stereocenters. The number of rotatable bonds is 6. The lowest BCUT2D eigenvalue weighted by molar-refractivity contribution is -0.146. The molecule has 0 aliphatic heterocycles. The minimum Gasteiger partial charge on any atom is -0.494 e. The van der Waals surface area contributed by atoms with Crippen LogP contribution >= 0.6 is 0 Å². The Kier molecular flexibility index (Phi) is 6.55. The van der Waals surface area contributed by atoms with Gasteiger partial charge in [0, 0.05) is 5.69 Å². The van der Waals surface area contributed by atoms with Gasteiger partial charge >= 0.3 is 5.97 Å². The second-order valence-corrected chi connectivity index (χ2v) is 7.18. The largest absolute Gasteiger partial charge is 0.494 e. The summed E-state index contributed by atoms with van der Waals surface area (Å²) in [5.41, 5.74) is 2.25. The molecule has 0 saturated carbocycles. The predicted molar refractivity (Wildman–Crippen MR) is 101 cm³/mol. The third-order valence-corrected chi connectivity index (χ3v) is 3.96. The van der Waals surface area contributed by atoms with Gasteiger partial charge in [-0.1, -0.05) is 39.0 Å². The smallest absolute Gasteiger partial charge is 0.310 e. The van der Waals surface area contributed by atoms with Gasteiger partial charge in [0.05, 0.1) is 13.5 Å². The summed E-state index contributed by atoms with van der Waals surface area (Å²) in [5, 5.41) is 2.67. The lowest BCUT2D eigenvalue weighted by Gasteiger charge is -2.19. The van der Waals surface area contributed by atoms with Crippen molar-refractivity contribution >= 4 is 17.6 Å². The van der Waals surface area contributed by atoms with Crippen molar-refractivity contribution in [1.29, 1.82) is 0 Å². The molecule has 0 bridgehead atoms. The van der Waals surface area contributed by atoms with Crippen molar-refractivity contribution in [3.05, 3.63) is 59.4 Å². The van der Waals surface area contributed by atoms with Gasteiger partial charge in [0.15, 0.2) is 18.2 Å². The van der Waals surface area contributed by atoms with Crippen molar-refractivity contribution in [2.45, 2.75) is 32.6 Å². The Morgan fingerprint density at radius 1 is 1.07 bits per heavy atom. The van der Waals surface area contributed by atoms with E-state index in [-0.39, 0.29) is 17.6 Å². The van der Waals surface area contributed by atoms with Crippen LogP contribution in [0.4, 0.5) is 10.1 Å². The normalized spacial score (nSPS) is 11.0. The molecule has 0 aliphatic carbocycles. The first-order valence-electron chi connectivity index (χ1n) is 8.57. The third-order valence-electron chi connectivity index (χ3n) is 3.96. The number of carbonyl (C=O) groups excluding carboxylic acids is 2. The molecule has 144 valence electrons. The van der Waals surface area contributed by atoms with E-state index in [9.17, 15) is 14.0 Å². The molecule has 2 aromatic rings. The monoisotopic (exact) mass is 373 g/mol. The summed E-state index contributed by atoms with van der Waals surface area (Å²) in [5.74, 6) is -1.51. The van der Waals surface area contributed by atoms with Crippen LogP contribution in [0.15, 0.2) is 42.5 Å². The number of halogens is 1. The number of benzene rings is 2. The second kappa shape index (κ2) is 8.66. The maximum atomic E-state index is 13.6. The quantitative estimate of drug-likeness (QED) is 0.781. The van der Waals surface area contributed by atoms with Crippen LogP contribution < -0.4 is 10.1 Å². The standard InChI is InChI=1S/C21H24FNO4/c1-21(2,3)15-6-8-16(9-7-15)23-19(24)13-27-20(25)12-14-5-10-18(26-4)17(22)11-14/h5-11H,12-13H2,1-4H3,(H,23,24). The molecule has 0 aromatic heterocycles. The van der Waals surface area contributed by atoms with Crippen LogP contribution in [0.2, 0.25) is 0 Å². The maximum Gasteiger partial charge on any atom is 0.310 e. The van der Waals surface area contributed by atoms with Crippen molar-refractivity contribution in [1.82, 2.24) is 0 Å². The molecule has 1 N–H and O–H groups in total. The van der Waals surface area contributed by atoms with Crippen LogP contribution in [0.5, 0.6) is 5.75 Å². The van der Waals surface area contributed by atoms with Gasteiger partial charge < -0.3 is 14.8 Å². The van der Waals surface area contributed by atoms with Gasteiger partial charge in [-0.15, -0.1) is 0 Å². The molecule has 0 radical (unpaired) electrons. The number of methoxy groups -OCH3 is 1. The van der Waals surface area contributed by atoms with Crippen molar-refractivity contribution in [2.24, 2.45) is 0 Å². The first kappa shape index (κ1) is 20.4. The minimum absolute atomic E-state index is 0.0268. The number of anilines is 1. The SMILES string of the molecule is COc1ccc(CC(=O)OCC(=O)Nc2ccc(C(C)(C)C)cc2)cc1F. The minimum atomic E-state index is -0.613. The number of amides is 1. The summed E-state index contributed by atoms with van der Waals surface area (Å²) >= 11 is 0. The van der Waals surface area contributed by atoms with E-state index < -0.39 is 24.3 Å². The Bertz CT molecular complexity index is 810. The fourth-order valence-corrected chi connectivity index (χ4v) is 2.43. The Hall–Kier alpha value is -2.89. The summed E-state index contributed by atoms with van der Waals surface area (Å²) in [6.45, 7) is 5.91. The third kappa shape index (κ3) is 6.09. The molecule has 2 rings (SSSR count). The van der Waals surface area contributed by atoms with Crippen LogP contribution in [0.1, 0.15) is 31.9 Å². The van der Waals surface area contributed by atoms with Crippen molar-refractivity contribution in [2.75, 3.05) is 19.0 Å². The summed E-state index contributed by atoms with van der Waals surface area (Å²) in [7, 11) is 1.36. The van der Waals surface area contributed by atoms with Crippen molar-refractivity contribution < 1.29 is 23.5 Å². The van der Waals surface area contributed by atoms with Gasteiger partial charge in [0.2, 0.25) is 0 Å². The Labute approximate surface area is 158 Å². The first-order valence-corrected chi connectivity index (χ1v) is 8.57. The summed E-state index contributed by atoms with van der Waals surface area (Å²) < 4.78 is 23.4. The zero-order valence-corrected chi connectivity index (χ0v) is 16.0. The lowest BCUT2D eigenvalue weighted by Crippen LogP contribution is -2.21. The maximum absolute atomic E-state index is 13.6. The Morgan fingerprint density at radius 3 is 2.30 bits per heavy atom. The summed E-state index contributed by atoms with van der Waals surface area (Å²) in [6.07, 6.45) is -0.130. The number of ether oxygens (including phenoxy) is 2. The highest BCUT2D eigenvalue weighted by molar-refractivity contribution is 5.92. The van der Waals surface area contributed by atoms with E-state index in [0.717, 1.165) is 5.56 Å². The molecule has 0 aliphatic rings. The summed E-state index contributed by atoms with van der Waals surface area (Å²) in [6, 6.07) is 11.7. The molecule has 27 heavy (non-hydrogen) atoms. The molecule has 0 spiro atoms. The van der Waals surface area contributed by atoms with E-state index in [0.29, 0.717) is 11.3 Å². The average Bonchev–Trinajstić information content (AvgIpc) is 2.60. The van der Waals surface area contributed by atoms with Gasteiger partial charge in [0.25, 0.3) is 5.91 Å². The predicted octanol–water partition coefficient (Wildman–Crippen LogP) is 3.86. The summed E-state index contributed by atoms with van der Waals surface area (Å²) in [4.78, 5) is 23.8. The molecular weight excluding hydrogens is 349 g/mol. The van der Waals surface area contributed by atoms with Gasteiger partial charge in [-0.3, -0.25) is 9.59 Å². The number of esters is 1. The molecule has 6 heteroatoms. The van der Waals surface area contributed by atoms with Crippen LogP contribution in [0.3, 0.4) is 0 Å². The highest BCUT2D eigenvalue weighted by Crippen LogP contribution is 2.23. The van der Waals surface area contributed by atoms with E-state index in [1.807, 2.05) is 12.1 Å².